The second-order valence-corrected chi connectivity index (χ2v) is 6.19. The van der Waals surface area contributed by atoms with Gasteiger partial charge in [0.25, 0.3) is 0 Å². The molecule has 1 aliphatic heterocycles. The maximum atomic E-state index is 3.74. The minimum absolute atomic E-state index is 0.568. The lowest BCUT2D eigenvalue weighted by atomic mass is 10.1. The van der Waals surface area contributed by atoms with Gasteiger partial charge >= 0.3 is 0 Å². The smallest absolute Gasteiger partial charge is 0.0535 e. The minimum Gasteiger partial charge on any atom is -0.305 e. The van der Waals surface area contributed by atoms with Crippen LogP contribution in [0.25, 0.3) is 0 Å². The molecule has 0 aromatic carbocycles. The summed E-state index contributed by atoms with van der Waals surface area (Å²) in [7, 11) is 0. The molecule has 3 unspecified atom stereocenters. The molecular weight excluding hydrogens is 210 g/mol. The molecule has 2 heterocycles. The van der Waals surface area contributed by atoms with Crippen LogP contribution in [0.1, 0.15) is 31.2 Å². The van der Waals surface area contributed by atoms with Crippen LogP contribution in [0.15, 0.2) is 17.5 Å². The Morgan fingerprint density at radius 1 is 1.57 bits per heavy atom. The van der Waals surface area contributed by atoms with E-state index in [-0.39, 0.29) is 0 Å². The lowest BCUT2D eigenvalue weighted by molar-refractivity contribution is 0.437. The van der Waals surface area contributed by atoms with Crippen molar-refractivity contribution in [3.63, 3.8) is 0 Å². The van der Waals surface area contributed by atoms with Gasteiger partial charge in [-0.15, -0.1) is 11.3 Å². The van der Waals surface area contributed by atoms with Crippen LogP contribution >= 0.6 is 23.1 Å². The molecule has 1 saturated heterocycles. The van der Waals surface area contributed by atoms with Crippen molar-refractivity contribution in [3.8, 4) is 0 Å². The molecule has 0 radical (unpaired) electrons. The molecule has 0 spiro atoms. The zero-order valence-electron chi connectivity index (χ0n) is 8.69. The predicted molar refractivity (Wildman–Crippen MR) is 66.2 cm³/mol. The Morgan fingerprint density at radius 2 is 2.43 bits per heavy atom. The van der Waals surface area contributed by atoms with Gasteiger partial charge in [-0.05, 0) is 17.9 Å². The topological polar surface area (TPSA) is 12.0 Å². The summed E-state index contributed by atoms with van der Waals surface area (Å²) in [5.74, 6) is 1.26. The summed E-state index contributed by atoms with van der Waals surface area (Å²) in [6.07, 6.45) is 1.24. The molecule has 0 aliphatic carbocycles. The molecule has 1 nitrogen and oxygen atoms in total. The maximum Gasteiger partial charge on any atom is 0.0535 e. The molecule has 0 amide bonds. The Bertz CT molecular complexity index is 271. The average molecular weight is 227 g/mol. The zero-order chi connectivity index (χ0) is 9.97. The van der Waals surface area contributed by atoms with Crippen molar-refractivity contribution < 1.29 is 0 Å². The van der Waals surface area contributed by atoms with Crippen LogP contribution < -0.4 is 5.32 Å². The van der Waals surface area contributed by atoms with Gasteiger partial charge in [-0.1, -0.05) is 19.9 Å². The van der Waals surface area contributed by atoms with Crippen LogP contribution in [-0.4, -0.2) is 17.0 Å². The summed E-state index contributed by atoms with van der Waals surface area (Å²) in [5.41, 5.74) is 0. The number of hydrogen-bond acceptors (Lipinski definition) is 3. The largest absolute Gasteiger partial charge is 0.305 e. The fraction of sp³-hybridized carbons (Fsp3) is 0.636. The molecule has 2 rings (SSSR count). The first kappa shape index (κ1) is 10.5. The minimum atomic E-state index is 0.568. The van der Waals surface area contributed by atoms with Gasteiger partial charge in [-0.3, -0.25) is 0 Å². The summed E-state index contributed by atoms with van der Waals surface area (Å²) in [4.78, 5) is 1.49. The lowest BCUT2D eigenvalue weighted by Gasteiger charge is -2.34. The summed E-state index contributed by atoms with van der Waals surface area (Å²) in [5, 5.41) is 6.62. The number of thiophene rings is 1. The zero-order valence-corrected chi connectivity index (χ0v) is 10.3. The van der Waals surface area contributed by atoms with Gasteiger partial charge in [0.1, 0.15) is 0 Å². The van der Waals surface area contributed by atoms with Gasteiger partial charge < -0.3 is 5.32 Å². The van der Waals surface area contributed by atoms with Crippen LogP contribution in [-0.2, 0) is 0 Å². The molecule has 3 heteroatoms. The van der Waals surface area contributed by atoms with Crippen LogP contribution in [0.3, 0.4) is 0 Å². The molecule has 1 fully saturated rings. The highest BCUT2D eigenvalue weighted by Gasteiger charge is 2.28. The van der Waals surface area contributed by atoms with Crippen molar-refractivity contribution >= 4 is 23.1 Å². The highest BCUT2D eigenvalue weighted by Crippen LogP contribution is 2.34. The van der Waals surface area contributed by atoms with Crippen LogP contribution in [0.4, 0.5) is 0 Å². The Kier molecular flexibility index (Phi) is 3.52. The van der Waals surface area contributed by atoms with E-state index in [0.29, 0.717) is 17.3 Å². The highest BCUT2D eigenvalue weighted by atomic mass is 32.2. The first-order valence-electron chi connectivity index (χ1n) is 5.22. The first-order chi connectivity index (χ1) is 6.81. The number of nitrogens with one attached hydrogen (secondary N) is 1. The fourth-order valence-electron chi connectivity index (χ4n) is 1.82. The SMILES string of the molecule is CCC1CSC(C)C(c2cccs2)N1. The van der Waals surface area contributed by atoms with Crippen molar-refractivity contribution in [2.45, 2.75) is 37.6 Å². The van der Waals surface area contributed by atoms with Crippen molar-refractivity contribution in [1.82, 2.24) is 5.32 Å². The van der Waals surface area contributed by atoms with Gasteiger partial charge in [-0.25, -0.2) is 0 Å². The Labute approximate surface area is 94.3 Å². The second-order valence-electron chi connectivity index (χ2n) is 3.80. The van der Waals surface area contributed by atoms with Crippen molar-refractivity contribution in [2.75, 3.05) is 5.75 Å². The monoisotopic (exact) mass is 227 g/mol. The number of hydrogen-bond donors (Lipinski definition) is 1. The molecule has 1 aromatic heterocycles. The maximum absolute atomic E-state index is 3.74. The number of rotatable bonds is 2. The fourth-order valence-corrected chi connectivity index (χ4v) is 4.08. The van der Waals surface area contributed by atoms with E-state index in [4.69, 9.17) is 0 Å². The van der Waals surface area contributed by atoms with Crippen molar-refractivity contribution in [3.05, 3.63) is 22.4 Å². The highest BCUT2D eigenvalue weighted by molar-refractivity contribution is 8.00. The van der Waals surface area contributed by atoms with Gasteiger partial charge in [-0.2, -0.15) is 11.8 Å². The normalized spacial score (nSPS) is 33.1. The second kappa shape index (κ2) is 4.69. The van der Waals surface area contributed by atoms with Crippen LogP contribution in [0.2, 0.25) is 0 Å². The van der Waals surface area contributed by atoms with Crippen LogP contribution in [0.5, 0.6) is 0 Å². The first-order valence-corrected chi connectivity index (χ1v) is 7.15. The Morgan fingerprint density at radius 3 is 3.07 bits per heavy atom. The van der Waals surface area contributed by atoms with Gasteiger partial charge in [0, 0.05) is 21.9 Å². The van der Waals surface area contributed by atoms with Gasteiger partial charge in [0.05, 0.1) is 6.04 Å². The van der Waals surface area contributed by atoms with E-state index in [1.54, 1.807) is 0 Å². The molecular formula is C11H17NS2. The van der Waals surface area contributed by atoms with Gasteiger partial charge in [0.15, 0.2) is 0 Å². The van der Waals surface area contributed by atoms with Crippen LogP contribution in [0, 0.1) is 0 Å². The van der Waals surface area contributed by atoms with E-state index in [9.17, 15) is 0 Å². The van der Waals surface area contributed by atoms with E-state index in [0.717, 1.165) is 0 Å². The standard InChI is InChI=1S/C11H17NS2/c1-3-9-7-14-8(2)11(12-9)10-5-4-6-13-10/h4-6,8-9,11-12H,3,7H2,1-2H3. The van der Waals surface area contributed by atoms with E-state index < -0.39 is 0 Å². The molecule has 1 aliphatic rings. The number of thioether (sulfide) groups is 1. The molecule has 0 bridgehead atoms. The van der Waals surface area contributed by atoms with E-state index >= 15 is 0 Å². The van der Waals surface area contributed by atoms with Gasteiger partial charge in [0.2, 0.25) is 0 Å². The molecule has 3 atom stereocenters. The van der Waals surface area contributed by atoms with E-state index in [1.165, 1.54) is 17.1 Å². The summed E-state index contributed by atoms with van der Waals surface area (Å²) in [6, 6.07) is 5.66. The Hall–Kier alpha value is 0.01000. The predicted octanol–water partition coefficient (Wildman–Crippen LogP) is 3.29. The van der Waals surface area contributed by atoms with Crippen molar-refractivity contribution in [1.29, 1.82) is 0 Å². The molecule has 78 valence electrons. The van der Waals surface area contributed by atoms with Crippen molar-refractivity contribution in [2.24, 2.45) is 0 Å². The summed E-state index contributed by atoms with van der Waals surface area (Å²) in [6.45, 7) is 4.59. The van der Waals surface area contributed by atoms with E-state index in [2.05, 4.69) is 48.4 Å². The molecule has 1 N–H and O–H groups in total. The Balaban J connectivity index is 2.09. The molecule has 1 aromatic rings. The average Bonchev–Trinajstić information content (AvgIpc) is 2.71. The third-order valence-electron chi connectivity index (χ3n) is 2.79. The third-order valence-corrected chi connectivity index (χ3v) is 5.14. The summed E-state index contributed by atoms with van der Waals surface area (Å²) < 4.78 is 0. The molecule has 0 saturated carbocycles. The third kappa shape index (κ3) is 2.15. The lowest BCUT2D eigenvalue weighted by Crippen LogP contribution is -2.42. The van der Waals surface area contributed by atoms with E-state index in [1.807, 2.05) is 11.3 Å². The molecule has 14 heavy (non-hydrogen) atoms. The quantitative estimate of drug-likeness (QED) is 0.832. The summed E-state index contributed by atoms with van der Waals surface area (Å²) >= 11 is 3.97.